The smallest absolute Gasteiger partial charge is 0.0466 e. The first-order valence-electron chi connectivity index (χ1n) is 8.77. The van der Waals surface area contributed by atoms with Crippen LogP contribution in [0, 0.1) is 5.41 Å². The summed E-state index contributed by atoms with van der Waals surface area (Å²) in [5.41, 5.74) is 0.656. The summed E-state index contributed by atoms with van der Waals surface area (Å²) < 4.78 is 5.34. The SMILES string of the molecule is CCOCCCCNCCN1CCC(CC)(CC)CC1. The Morgan fingerprint density at radius 1 is 1.00 bits per heavy atom. The summed E-state index contributed by atoms with van der Waals surface area (Å²) in [6, 6.07) is 0. The van der Waals surface area contributed by atoms with E-state index in [9.17, 15) is 0 Å². The number of unbranched alkanes of at least 4 members (excludes halogenated alkanes) is 1. The molecule has 1 N–H and O–H groups in total. The van der Waals surface area contributed by atoms with Crippen LogP contribution in [0.4, 0.5) is 0 Å². The second-order valence-electron chi connectivity index (χ2n) is 6.20. The molecule has 0 bridgehead atoms. The highest BCUT2D eigenvalue weighted by atomic mass is 16.5. The summed E-state index contributed by atoms with van der Waals surface area (Å²) in [6.45, 7) is 14.6. The molecule has 1 fully saturated rings. The van der Waals surface area contributed by atoms with Gasteiger partial charge < -0.3 is 15.0 Å². The molecule has 0 saturated carbocycles. The highest BCUT2D eigenvalue weighted by Crippen LogP contribution is 2.37. The van der Waals surface area contributed by atoms with E-state index in [2.05, 4.69) is 31.0 Å². The molecule has 120 valence electrons. The number of piperidine rings is 1. The second-order valence-corrected chi connectivity index (χ2v) is 6.20. The largest absolute Gasteiger partial charge is 0.382 e. The van der Waals surface area contributed by atoms with Crippen molar-refractivity contribution in [3.05, 3.63) is 0 Å². The van der Waals surface area contributed by atoms with Crippen molar-refractivity contribution < 1.29 is 4.74 Å². The first-order valence-corrected chi connectivity index (χ1v) is 8.77. The maximum Gasteiger partial charge on any atom is 0.0466 e. The van der Waals surface area contributed by atoms with Crippen molar-refractivity contribution >= 4 is 0 Å². The quantitative estimate of drug-likeness (QED) is 0.589. The van der Waals surface area contributed by atoms with Crippen LogP contribution in [0.15, 0.2) is 0 Å². The standard InChI is InChI=1S/C17H36N2O/c1-4-17(5-2)9-13-19(14-10-17)15-12-18-11-7-8-16-20-6-3/h18H,4-16H2,1-3H3. The third-order valence-electron chi connectivity index (χ3n) is 5.12. The van der Waals surface area contributed by atoms with Crippen molar-refractivity contribution in [3.63, 3.8) is 0 Å². The van der Waals surface area contributed by atoms with E-state index in [1.54, 1.807) is 0 Å². The third-order valence-corrected chi connectivity index (χ3v) is 5.12. The topological polar surface area (TPSA) is 24.5 Å². The van der Waals surface area contributed by atoms with Crippen LogP contribution in [0.1, 0.15) is 59.3 Å². The first-order chi connectivity index (χ1) is 9.76. The third kappa shape index (κ3) is 6.55. The number of hydrogen-bond donors (Lipinski definition) is 1. The first kappa shape index (κ1) is 17.9. The maximum atomic E-state index is 5.34. The Kier molecular flexibility index (Phi) is 9.49. The Morgan fingerprint density at radius 3 is 2.30 bits per heavy atom. The average Bonchev–Trinajstić information content (AvgIpc) is 2.51. The molecule has 1 saturated heterocycles. The zero-order valence-corrected chi connectivity index (χ0v) is 14.0. The van der Waals surface area contributed by atoms with Crippen molar-refractivity contribution in [2.45, 2.75) is 59.3 Å². The zero-order valence-electron chi connectivity index (χ0n) is 14.0. The lowest BCUT2D eigenvalue weighted by atomic mass is 9.74. The number of rotatable bonds is 11. The van der Waals surface area contributed by atoms with Gasteiger partial charge in [0.05, 0.1) is 0 Å². The summed E-state index contributed by atoms with van der Waals surface area (Å²) in [4.78, 5) is 2.64. The van der Waals surface area contributed by atoms with Crippen molar-refractivity contribution in [2.24, 2.45) is 5.41 Å². The molecule has 3 nitrogen and oxygen atoms in total. The molecule has 0 spiro atoms. The van der Waals surface area contributed by atoms with Crippen LogP contribution in [0.3, 0.4) is 0 Å². The van der Waals surface area contributed by atoms with E-state index >= 15 is 0 Å². The van der Waals surface area contributed by atoms with Gasteiger partial charge in [0, 0.05) is 26.3 Å². The van der Waals surface area contributed by atoms with Crippen molar-refractivity contribution in [1.82, 2.24) is 10.2 Å². The minimum absolute atomic E-state index is 0.656. The molecular formula is C17H36N2O. The lowest BCUT2D eigenvalue weighted by Crippen LogP contribution is -2.42. The maximum absolute atomic E-state index is 5.34. The second kappa shape index (κ2) is 10.6. The van der Waals surface area contributed by atoms with Crippen LogP contribution < -0.4 is 5.32 Å². The lowest BCUT2D eigenvalue weighted by molar-refractivity contribution is 0.0960. The lowest BCUT2D eigenvalue weighted by Gasteiger charge is -2.41. The molecule has 1 aliphatic heterocycles. The van der Waals surface area contributed by atoms with Gasteiger partial charge >= 0.3 is 0 Å². The van der Waals surface area contributed by atoms with Crippen LogP contribution in [-0.2, 0) is 4.74 Å². The van der Waals surface area contributed by atoms with Gasteiger partial charge in [-0.05, 0) is 57.7 Å². The molecule has 3 heteroatoms. The molecule has 0 aromatic rings. The van der Waals surface area contributed by atoms with Crippen LogP contribution in [0.5, 0.6) is 0 Å². The van der Waals surface area contributed by atoms with E-state index in [4.69, 9.17) is 4.74 Å². The average molecular weight is 284 g/mol. The molecule has 20 heavy (non-hydrogen) atoms. The predicted octanol–water partition coefficient (Wildman–Crippen LogP) is 3.29. The molecule has 1 aliphatic rings. The number of nitrogens with zero attached hydrogens (tertiary/aromatic N) is 1. The normalized spacial score (nSPS) is 19.4. The Hall–Kier alpha value is -0.120. The van der Waals surface area contributed by atoms with E-state index in [-0.39, 0.29) is 0 Å². The van der Waals surface area contributed by atoms with E-state index in [0.29, 0.717) is 5.41 Å². The van der Waals surface area contributed by atoms with Gasteiger partial charge in [0.1, 0.15) is 0 Å². The predicted molar refractivity (Wildman–Crippen MR) is 87.3 cm³/mol. The molecule has 0 atom stereocenters. The molecule has 0 aromatic carbocycles. The summed E-state index contributed by atoms with van der Waals surface area (Å²) in [6.07, 6.45) is 7.92. The van der Waals surface area contributed by atoms with Crippen LogP contribution in [-0.4, -0.2) is 50.8 Å². The number of nitrogens with one attached hydrogen (secondary N) is 1. The van der Waals surface area contributed by atoms with Gasteiger partial charge in [-0.25, -0.2) is 0 Å². The van der Waals surface area contributed by atoms with E-state index < -0.39 is 0 Å². The Balaban J connectivity index is 1.96. The highest BCUT2D eigenvalue weighted by molar-refractivity contribution is 4.84. The monoisotopic (exact) mass is 284 g/mol. The minimum Gasteiger partial charge on any atom is -0.382 e. The summed E-state index contributed by atoms with van der Waals surface area (Å²) in [7, 11) is 0. The summed E-state index contributed by atoms with van der Waals surface area (Å²) in [5, 5.41) is 3.56. The van der Waals surface area contributed by atoms with Crippen LogP contribution in [0.2, 0.25) is 0 Å². The summed E-state index contributed by atoms with van der Waals surface area (Å²) in [5.74, 6) is 0. The fraction of sp³-hybridized carbons (Fsp3) is 1.00. The fourth-order valence-electron chi connectivity index (χ4n) is 3.17. The molecule has 0 radical (unpaired) electrons. The Bertz CT molecular complexity index is 219. The fourth-order valence-corrected chi connectivity index (χ4v) is 3.17. The number of likely N-dealkylation sites (tertiary alicyclic amines) is 1. The highest BCUT2D eigenvalue weighted by Gasteiger charge is 2.30. The van der Waals surface area contributed by atoms with Gasteiger partial charge in [0.15, 0.2) is 0 Å². The van der Waals surface area contributed by atoms with Crippen molar-refractivity contribution in [3.8, 4) is 0 Å². The van der Waals surface area contributed by atoms with Gasteiger partial charge in [-0.1, -0.05) is 26.7 Å². The summed E-state index contributed by atoms with van der Waals surface area (Å²) >= 11 is 0. The zero-order chi connectivity index (χ0) is 14.7. The van der Waals surface area contributed by atoms with E-state index in [1.165, 1.54) is 58.2 Å². The molecule has 0 aromatic heterocycles. The van der Waals surface area contributed by atoms with E-state index in [1.807, 2.05) is 0 Å². The van der Waals surface area contributed by atoms with Crippen LogP contribution in [0.25, 0.3) is 0 Å². The number of ether oxygens (including phenoxy) is 1. The van der Waals surface area contributed by atoms with Gasteiger partial charge in [-0.3, -0.25) is 0 Å². The van der Waals surface area contributed by atoms with Crippen molar-refractivity contribution in [1.29, 1.82) is 0 Å². The van der Waals surface area contributed by atoms with Crippen molar-refractivity contribution in [2.75, 3.05) is 45.9 Å². The minimum atomic E-state index is 0.656. The van der Waals surface area contributed by atoms with E-state index in [0.717, 1.165) is 26.3 Å². The molecule has 0 unspecified atom stereocenters. The molecule has 0 aliphatic carbocycles. The molecule has 1 heterocycles. The molecule has 0 amide bonds. The Labute approximate surface area is 126 Å². The molecular weight excluding hydrogens is 248 g/mol. The van der Waals surface area contributed by atoms with Gasteiger partial charge in [0.2, 0.25) is 0 Å². The Morgan fingerprint density at radius 2 is 1.70 bits per heavy atom. The van der Waals surface area contributed by atoms with Crippen LogP contribution >= 0.6 is 0 Å². The van der Waals surface area contributed by atoms with Gasteiger partial charge in [-0.15, -0.1) is 0 Å². The van der Waals surface area contributed by atoms with Gasteiger partial charge in [0.25, 0.3) is 0 Å². The number of hydrogen-bond acceptors (Lipinski definition) is 3. The van der Waals surface area contributed by atoms with Gasteiger partial charge in [-0.2, -0.15) is 0 Å². The molecule has 1 rings (SSSR count).